The monoisotopic (exact) mass is 540 g/mol. The molecule has 4 N–H and O–H groups in total. The lowest BCUT2D eigenvalue weighted by Crippen LogP contribution is -2.53. The number of aliphatic hydroxyl groups is 1. The molecule has 3 rings (SSSR count). The number of benzene rings is 2. The van der Waals surface area contributed by atoms with Gasteiger partial charge < -0.3 is 25.8 Å². The zero-order valence-electron chi connectivity index (χ0n) is 21.6. The lowest BCUT2D eigenvalue weighted by atomic mass is 10.1. The second kappa shape index (κ2) is 15.0. The predicted octanol–water partition coefficient (Wildman–Crippen LogP) is 2.67. The number of carbonyl (C=O) groups is 3. The van der Waals surface area contributed by atoms with Crippen molar-refractivity contribution < 1.29 is 24.2 Å². The molecule has 1 heterocycles. The quantitative estimate of drug-likeness (QED) is 0.241. The van der Waals surface area contributed by atoms with Crippen LogP contribution in [0.5, 0.6) is 0 Å². The Bertz CT molecular complexity index is 1070. The first-order valence-electron chi connectivity index (χ1n) is 12.9. The summed E-state index contributed by atoms with van der Waals surface area (Å²) in [5.41, 5.74) is 1.76. The Morgan fingerprint density at radius 3 is 2.34 bits per heavy atom. The summed E-state index contributed by atoms with van der Waals surface area (Å²) in [6.07, 6.45) is 0.393. The van der Waals surface area contributed by atoms with Crippen LogP contribution in [0.2, 0.25) is 0 Å². The van der Waals surface area contributed by atoms with Crippen LogP contribution < -0.4 is 16.0 Å². The van der Waals surface area contributed by atoms with Crippen LogP contribution in [-0.4, -0.2) is 64.2 Å². The van der Waals surface area contributed by atoms with E-state index in [0.717, 1.165) is 17.5 Å². The van der Waals surface area contributed by atoms with Gasteiger partial charge in [0.1, 0.15) is 18.7 Å². The molecule has 1 saturated heterocycles. The summed E-state index contributed by atoms with van der Waals surface area (Å²) < 4.78 is 5.39. The first-order chi connectivity index (χ1) is 18.3. The molecule has 9 nitrogen and oxygen atoms in total. The van der Waals surface area contributed by atoms with Gasteiger partial charge in [-0.2, -0.15) is 0 Å². The number of hydrogen-bond donors (Lipinski definition) is 4. The summed E-state index contributed by atoms with van der Waals surface area (Å²) in [6.45, 7) is 2.86. The highest BCUT2D eigenvalue weighted by Crippen LogP contribution is 2.20. The van der Waals surface area contributed by atoms with Gasteiger partial charge >= 0.3 is 6.09 Å². The number of likely N-dealkylation sites (tertiary alicyclic amines) is 1. The van der Waals surface area contributed by atoms with Crippen LogP contribution in [0.25, 0.3) is 0 Å². The van der Waals surface area contributed by atoms with Crippen LogP contribution >= 0.6 is 12.2 Å². The third-order valence-corrected chi connectivity index (χ3v) is 6.40. The molecule has 2 aromatic carbocycles. The van der Waals surface area contributed by atoms with Gasteiger partial charge in [0.15, 0.2) is 0 Å². The Morgan fingerprint density at radius 2 is 1.68 bits per heavy atom. The predicted molar refractivity (Wildman–Crippen MR) is 148 cm³/mol. The molecule has 1 aliphatic rings. The van der Waals surface area contributed by atoms with Gasteiger partial charge in [-0.15, -0.1) is 0 Å². The van der Waals surface area contributed by atoms with E-state index in [4.69, 9.17) is 17.0 Å². The number of aliphatic hydroxyl groups excluding tert-OH is 1. The van der Waals surface area contributed by atoms with Gasteiger partial charge in [-0.3, -0.25) is 14.5 Å². The number of amides is 3. The minimum atomic E-state index is -0.933. The van der Waals surface area contributed by atoms with E-state index in [1.165, 1.54) is 4.90 Å². The second-order valence-corrected chi connectivity index (χ2v) is 9.95. The molecular weight excluding hydrogens is 504 g/mol. The van der Waals surface area contributed by atoms with Crippen molar-refractivity contribution in [3.8, 4) is 0 Å². The van der Waals surface area contributed by atoms with Gasteiger partial charge in [0.25, 0.3) is 0 Å². The molecule has 0 bridgehead atoms. The van der Waals surface area contributed by atoms with E-state index in [2.05, 4.69) is 16.0 Å². The van der Waals surface area contributed by atoms with Crippen molar-refractivity contribution in [1.82, 2.24) is 20.9 Å². The molecule has 10 heteroatoms. The van der Waals surface area contributed by atoms with E-state index < -0.39 is 30.2 Å². The number of β-amino-alcohol motifs (C(OH)–C–C–N with tert-alkyl or cyclic N) is 1. The highest BCUT2D eigenvalue weighted by Gasteiger charge is 2.40. The van der Waals surface area contributed by atoms with E-state index in [1.54, 1.807) is 0 Å². The number of carbonyl (C=O) groups excluding carboxylic acids is 3. The average molecular weight is 541 g/mol. The molecule has 0 spiro atoms. The van der Waals surface area contributed by atoms with Crippen molar-refractivity contribution in [3.05, 3.63) is 71.8 Å². The maximum absolute atomic E-state index is 13.3. The molecule has 3 atom stereocenters. The minimum absolute atomic E-state index is 0.0147. The molecule has 0 aromatic heterocycles. The third-order valence-electron chi connectivity index (χ3n) is 6.26. The SMILES string of the molecule is CC(=S)NCCCC[C@H](NC(=O)[C@@H]1C[C@@H](O)CN1C(=O)OCc1ccccc1)C(=O)NCc1ccccc1. The van der Waals surface area contributed by atoms with Crippen molar-refractivity contribution in [2.75, 3.05) is 13.1 Å². The number of nitrogens with one attached hydrogen (secondary N) is 3. The molecule has 3 amide bonds. The molecule has 0 radical (unpaired) electrons. The molecule has 204 valence electrons. The number of rotatable bonds is 12. The summed E-state index contributed by atoms with van der Waals surface area (Å²) in [6, 6.07) is 17.0. The molecular formula is C28H36N4O5S. The fraction of sp³-hybridized carbons (Fsp3) is 0.429. The zero-order valence-corrected chi connectivity index (χ0v) is 22.4. The molecule has 2 aromatic rings. The van der Waals surface area contributed by atoms with Crippen molar-refractivity contribution in [3.63, 3.8) is 0 Å². The summed E-state index contributed by atoms with van der Waals surface area (Å²) in [5, 5.41) is 19.0. The van der Waals surface area contributed by atoms with E-state index in [0.29, 0.717) is 30.9 Å². The van der Waals surface area contributed by atoms with Crippen LogP contribution in [0.15, 0.2) is 60.7 Å². The summed E-state index contributed by atoms with van der Waals surface area (Å²) in [5.74, 6) is -0.802. The second-order valence-electron chi connectivity index (χ2n) is 9.34. The summed E-state index contributed by atoms with van der Waals surface area (Å²) in [7, 11) is 0. The standard InChI is InChI=1S/C28H36N4O5S/c1-20(38)29-15-9-8-14-24(26(34)30-17-21-10-4-2-5-11-21)31-27(35)25-16-23(33)18-32(25)28(36)37-19-22-12-6-3-7-13-22/h2-7,10-13,23-25,33H,8-9,14-19H2,1H3,(H,29,38)(H,30,34)(H,31,35)/t23-,24+,25+/m1/s1. The Kier molecular flexibility index (Phi) is 11.5. The Balaban J connectivity index is 1.61. The van der Waals surface area contributed by atoms with Crippen LogP contribution in [0.4, 0.5) is 4.79 Å². The highest BCUT2D eigenvalue weighted by atomic mass is 32.1. The lowest BCUT2D eigenvalue weighted by molar-refractivity contribution is -0.131. The van der Waals surface area contributed by atoms with Crippen molar-refractivity contribution in [1.29, 1.82) is 0 Å². The summed E-state index contributed by atoms with van der Waals surface area (Å²) in [4.78, 5) is 41.0. The number of hydrogen-bond acceptors (Lipinski definition) is 6. The minimum Gasteiger partial charge on any atom is -0.445 e. The van der Waals surface area contributed by atoms with Crippen LogP contribution in [0.3, 0.4) is 0 Å². The first-order valence-corrected chi connectivity index (χ1v) is 13.3. The molecule has 38 heavy (non-hydrogen) atoms. The van der Waals surface area contributed by atoms with Crippen LogP contribution in [-0.2, 0) is 27.5 Å². The summed E-state index contributed by atoms with van der Waals surface area (Å²) >= 11 is 5.03. The third kappa shape index (κ3) is 9.42. The normalized spacial score (nSPS) is 17.4. The number of nitrogens with zero attached hydrogens (tertiary/aromatic N) is 1. The van der Waals surface area contributed by atoms with Crippen molar-refractivity contribution in [2.45, 2.75) is 63.9 Å². The highest BCUT2D eigenvalue weighted by molar-refractivity contribution is 7.80. The van der Waals surface area contributed by atoms with Crippen molar-refractivity contribution in [2.24, 2.45) is 0 Å². The number of thiocarbonyl (C=S) groups is 1. The Labute approximate surface area is 228 Å². The van der Waals surface area contributed by atoms with Crippen molar-refractivity contribution >= 4 is 35.1 Å². The van der Waals surface area contributed by atoms with E-state index >= 15 is 0 Å². The molecule has 0 unspecified atom stereocenters. The maximum atomic E-state index is 13.3. The van der Waals surface area contributed by atoms with Gasteiger partial charge in [0, 0.05) is 19.5 Å². The largest absolute Gasteiger partial charge is 0.445 e. The fourth-order valence-corrected chi connectivity index (χ4v) is 4.35. The van der Waals surface area contributed by atoms with E-state index in [1.807, 2.05) is 67.6 Å². The molecule has 1 fully saturated rings. The maximum Gasteiger partial charge on any atom is 0.410 e. The Morgan fingerprint density at radius 1 is 1.03 bits per heavy atom. The van der Waals surface area contributed by atoms with Gasteiger partial charge in [-0.1, -0.05) is 72.9 Å². The Hall–Kier alpha value is -3.50. The van der Waals surface area contributed by atoms with Gasteiger partial charge in [-0.25, -0.2) is 4.79 Å². The van der Waals surface area contributed by atoms with Crippen LogP contribution in [0, 0.1) is 0 Å². The van der Waals surface area contributed by atoms with E-state index in [9.17, 15) is 19.5 Å². The first kappa shape index (κ1) is 29.1. The average Bonchev–Trinajstić information content (AvgIpc) is 3.32. The molecule has 1 aliphatic heterocycles. The smallest absolute Gasteiger partial charge is 0.410 e. The number of unbranched alkanes of at least 4 members (excludes halogenated alkanes) is 1. The lowest BCUT2D eigenvalue weighted by Gasteiger charge is -2.25. The van der Waals surface area contributed by atoms with E-state index in [-0.39, 0.29) is 25.5 Å². The fourth-order valence-electron chi connectivity index (χ4n) is 4.25. The van der Waals surface area contributed by atoms with Crippen LogP contribution in [0.1, 0.15) is 43.7 Å². The van der Waals surface area contributed by atoms with Gasteiger partial charge in [-0.05, 0) is 37.3 Å². The molecule has 0 saturated carbocycles. The zero-order chi connectivity index (χ0) is 27.3. The molecule has 0 aliphatic carbocycles. The topological polar surface area (TPSA) is 120 Å². The van der Waals surface area contributed by atoms with Gasteiger partial charge in [0.05, 0.1) is 17.6 Å². The van der Waals surface area contributed by atoms with Gasteiger partial charge in [0.2, 0.25) is 11.8 Å². The number of ether oxygens (including phenoxy) is 1.